The highest BCUT2D eigenvalue weighted by Crippen LogP contribution is 2.43. The third-order valence-electron chi connectivity index (χ3n) is 5.17. The summed E-state index contributed by atoms with van der Waals surface area (Å²) in [6, 6.07) is 7.28. The Kier molecular flexibility index (Phi) is 6.94. The Labute approximate surface area is 196 Å². The molecule has 1 aliphatic heterocycles. The van der Waals surface area contributed by atoms with Crippen LogP contribution in [-0.4, -0.2) is 48.8 Å². The molecule has 0 saturated carbocycles. The van der Waals surface area contributed by atoms with Crippen molar-refractivity contribution in [2.45, 2.75) is 18.9 Å². The first-order valence-electron chi connectivity index (χ1n) is 9.89. The Bertz CT molecular complexity index is 1290. The number of ether oxygens (including phenoxy) is 2. The summed E-state index contributed by atoms with van der Waals surface area (Å²) in [7, 11) is 0.932. The number of carbonyl (C=O) groups is 1. The van der Waals surface area contributed by atoms with Crippen LogP contribution in [0.3, 0.4) is 0 Å². The molecule has 0 amide bonds. The first kappa shape index (κ1) is 25.0. The topological polar surface area (TPSA) is 177 Å². The first-order chi connectivity index (χ1) is 16.5. The van der Waals surface area contributed by atoms with E-state index in [4.69, 9.17) is 20.1 Å². The zero-order chi connectivity index (χ0) is 26.0. The molecule has 4 rings (SSSR count). The molecule has 3 aromatic carbocycles. The number of rotatable bonds is 3. The standard InChI is InChI=1S/C15H14O5.C8H6F2O5/c16-9-6-12(18)10-2-4-14(20-15(10)7-9)8-1-3-11(17)13(19)5-8;1-15-7-4(10)2(8(13)14)3(9)5(11)6(7)12/h1,3,5-7,14,16-19H,2,4H2;11-12H,1H3,(H,13,14). The lowest BCUT2D eigenvalue weighted by Crippen LogP contribution is -2.15. The van der Waals surface area contributed by atoms with Gasteiger partial charge in [-0.3, -0.25) is 0 Å². The number of hydrogen-bond donors (Lipinski definition) is 7. The molecule has 1 heterocycles. The molecule has 0 fully saturated rings. The molecule has 0 spiro atoms. The van der Waals surface area contributed by atoms with Gasteiger partial charge in [-0.25, -0.2) is 13.6 Å². The second-order valence-electron chi connectivity index (χ2n) is 7.37. The molecule has 0 aliphatic carbocycles. The molecule has 3 aromatic rings. The number of carboxylic acid groups (broad SMARTS) is 1. The molecule has 0 bridgehead atoms. The SMILES string of the molecule is COc1c(O)c(O)c(F)c(C(=O)O)c1F.Oc1cc(O)c2c(c1)OC(c1ccc(O)c(O)c1)CC2. The van der Waals surface area contributed by atoms with Crippen LogP contribution in [0.5, 0.6) is 46.0 Å². The van der Waals surface area contributed by atoms with Gasteiger partial charge in [0.25, 0.3) is 0 Å². The van der Waals surface area contributed by atoms with Crippen molar-refractivity contribution in [2.24, 2.45) is 0 Å². The van der Waals surface area contributed by atoms with Crippen molar-refractivity contribution in [2.75, 3.05) is 7.11 Å². The molecule has 12 heteroatoms. The van der Waals surface area contributed by atoms with Crippen molar-refractivity contribution in [3.63, 3.8) is 0 Å². The zero-order valence-corrected chi connectivity index (χ0v) is 18.0. The Morgan fingerprint density at radius 1 is 0.943 bits per heavy atom. The van der Waals surface area contributed by atoms with Crippen LogP contribution in [-0.2, 0) is 6.42 Å². The van der Waals surface area contributed by atoms with Gasteiger partial charge in [-0.1, -0.05) is 6.07 Å². The van der Waals surface area contributed by atoms with Crippen molar-refractivity contribution < 1.29 is 58.8 Å². The van der Waals surface area contributed by atoms with Crippen LogP contribution >= 0.6 is 0 Å². The summed E-state index contributed by atoms with van der Waals surface area (Å²) >= 11 is 0. The minimum Gasteiger partial charge on any atom is -0.508 e. The van der Waals surface area contributed by atoms with Crippen molar-refractivity contribution in [1.82, 2.24) is 0 Å². The number of aromatic hydroxyl groups is 6. The quantitative estimate of drug-likeness (QED) is 0.266. The zero-order valence-electron chi connectivity index (χ0n) is 18.0. The van der Waals surface area contributed by atoms with E-state index in [0.29, 0.717) is 24.2 Å². The van der Waals surface area contributed by atoms with Gasteiger partial charge in [0.15, 0.2) is 28.9 Å². The van der Waals surface area contributed by atoms with E-state index in [1.165, 1.54) is 24.3 Å². The summed E-state index contributed by atoms with van der Waals surface area (Å²) in [5.74, 6) is -8.71. The number of hydrogen-bond acceptors (Lipinski definition) is 9. The van der Waals surface area contributed by atoms with Crippen molar-refractivity contribution in [3.05, 3.63) is 58.7 Å². The van der Waals surface area contributed by atoms with Gasteiger partial charge in [0.1, 0.15) is 28.9 Å². The molecule has 7 N–H and O–H groups in total. The Morgan fingerprint density at radius 3 is 2.23 bits per heavy atom. The van der Waals surface area contributed by atoms with E-state index in [1.807, 2.05) is 0 Å². The van der Waals surface area contributed by atoms with E-state index in [-0.39, 0.29) is 29.1 Å². The highest BCUT2D eigenvalue weighted by molar-refractivity contribution is 5.90. The molecule has 1 atom stereocenters. The van der Waals surface area contributed by atoms with E-state index in [2.05, 4.69) is 4.74 Å². The van der Waals surface area contributed by atoms with Gasteiger partial charge in [-0.05, 0) is 30.5 Å². The maximum atomic E-state index is 13.2. The first-order valence-corrected chi connectivity index (χ1v) is 9.89. The van der Waals surface area contributed by atoms with E-state index in [9.17, 15) is 34.0 Å². The second-order valence-corrected chi connectivity index (χ2v) is 7.37. The lowest BCUT2D eigenvalue weighted by Gasteiger charge is -2.27. The van der Waals surface area contributed by atoms with Gasteiger partial charge >= 0.3 is 5.97 Å². The van der Waals surface area contributed by atoms with Crippen LogP contribution in [0.15, 0.2) is 30.3 Å². The smallest absolute Gasteiger partial charge is 0.342 e. The summed E-state index contributed by atoms with van der Waals surface area (Å²) < 4.78 is 36.3. The number of carboxylic acids is 1. The van der Waals surface area contributed by atoms with E-state index >= 15 is 0 Å². The third kappa shape index (κ3) is 4.86. The average Bonchev–Trinajstić information content (AvgIpc) is 2.79. The van der Waals surface area contributed by atoms with Crippen molar-refractivity contribution in [3.8, 4) is 46.0 Å². The molecule has 35 heavy (non-hydrogen) atoms. The molecule has 0 radical (unpaired) electrons. The van der Waals surface area contributed by atoms with Crippen LogP contribution < -0.4 is 9.47 Å². The van der Waals surface area contributed by atoms with Crippen molar-refractivity contribution in [1.29, 1.82) is 0 Å². The predicted molar refractivity (Wildman–Crippen MR) is 114 cm³/mol. The summed E-state index contributed by atoms with van der Waals surface area (Å²) in [5, 5.41) is 64.5. The number of phenols is 6. The lowest BCUT2D eigenvalue weighted by molar-refractivity contribution is 0.0684. The number of fused-ring (bicyclic) bond motifs is 1. The number of methoxy groups -OCH3 is 1. The molecule has 186 valence electrons. The highest BCUT2D eigenvalue weighted by Gasteiger charge is 2.29. The maximum absolute atomic E-state index is 13.2. The summed E-state index contributed by atoms with van der Waals surface area (Å²) in [4.78, 5) is 10.4. The normalized spacial score (nSPS) is 14.2. The Balaban J connectivity index is 0.000000205. The molecule has 1 unspecified atom stereocenters. The van der Waals surface area contributed by atoms with Gasteiger partial charge in [0.2, 0.25) is 11.5 Å². The van der Waals surface area contributed by atoms with Crippen LogP contribution in [0.2, 0.25) is 0 Å². The fraction of sp³-hybridized carbons (Fsp3) is 0.174. The number of benzene rings is 3. The fourth-order valence-corrected chi connectivity index (χ4v) is 3.45. The number of phenolic OH excluding ortho intramolecular Hbond substituents is 6. The van der Waals surface area contributed by atoms with Gasteiger partial charge in [-0.15, -0.1) is 0 Å². The molecular weight excluding hydrogens is 474 g/mol. The Morgan fingerprint density at radius 2 is 1.63 bits per heavy atom. The van der Waals surface area contributed by atoms with Gasteiger partial charge in [0.05, 0.1) is 7.11 Å². The third-order valence-corrected chi connectivity index (χ3v) is 5.17. The molecule has 0 saturated heterocycles. The van der Waals surface area contributed by atoms with E-state index in [0.717, 1.165) is 12.7 Å². The van der Waals surface area contributed by atoms with Crippen LogP contribution in [0.1, 0.15) is 34.0 Å². The van der Waals surface area contributed by atoms with Crippen LogP contribution in [0.4, 0.5) is 8.78 Å². The summed E-state index contributed by atoms with van der Waals surface area (Å²) in [6.07, 6.45) is 0.943. The summed E-state index contributed by atoms with van der Waals surface area (Å²) in [5.41, 5.74) is 0.0120. The number of aromatic carboxylic acids is 1. The highest BCUT2D eigenvalue weighted by atomic mass is 19.1. The molecular formula is C23H20F2O10. The molecule has 1 aliphatic rings. The fourth-order valence-electron chi connectivity index (χ4n) is 3.45. The maximum Gasteiger partial charge on any atom is 0.342 e. The van der Waals surface area contributed by atoms with Gasteiger partial charge in [0, 0.05) is 17.7 Å². The molecule has 0 aromatic heterocycles. The van der Waals surface area contributed by atoms with Crippen LogP contribution in [0.25, 0.3) is 0 Å². The van der Waals surface area contributed by atoms with Crippen molar-refractivity contribution >= 4 is 5.97 Å². The monoisotopic (exact) mass is 494 g/mol. The summed E-state index contributed by atoms with van der Waals surface area (Å²) in [6.45, 7) is 0. The minimum atomic E-state index is -1.92. The van der Waals surface area contributed by atoms with Gasteiger partial charge < -0.3 is 45.2 Å². The average molecular weight is 494 g/mol. The van der Waals surface area contributed by atoms with E-state index in [1.54, 1.807) is 6.07 Å². The van der Waals surface area contributed by atoms with Gasteiger partial charge in [-0.2, -0.15) is 0 Å². The van der Waals surface area contributed by atoms with Crippen LogP contribution in [0, 0.1) is 11.6 Å². The number of halogens is 2. The lowest BCUT2D eigenvalue weighted by atomic mass is 9.96. The minimum absolute atomic E-state index is 0.0204. The largest absolute Gasteiger partial charge is 0.508 e. The second kappa shape index (κ2) is 9.71. The van der Waals surface area contributed by atoms with E-state index < -0.39 is 40.4 Å². The molecule has 10 nitrogen and oxygen atoms in total. The predicted octanol–water partition coefficient (Wildman–Crippen LogP) is 3.66. The Hall–Kier alpha value is -4.61.